The maximum atomic E-state index is 12.9. The maximum Gasteiger partial charge on any atom is 0.262 e. The quantitative estimate of drug-likeness (QED) is 0.509. The summed E-state index contributed by atoms with van der Waals surface area (Å²) in [5, 5.41) is 1.32. The molecule has 3 rings (SSSR count). The molecular formula is C18H19N3O2S. The van der Waals surface area contributed by atoms with Crippen LogP contribution in [0.1, 0.15) is 18.7 Å². The van der Waals surface area contributed by atoms with E-state index in [4.69, 9.17) is 9.72 Å². The van der Waals surface area contributed by atoms with Gasteiger partial charge in [0.2, 0.25) is 0 Å². The van der Waals surface area contributed by atoms with Crippen LogP contribution in [0.2, 0.25) is 0 Å². The van der Waals surface area contributed by atoms with E-state index in [2.05, 4.69) is 4.98 Å². The SMILES string of the molecule is COCC(C)n1c(SCc2ccccn2)nc2ccccc2c1=O. The predicted octanol–water partition coefficient (Wildman–Crippen LogP) is 3.29. The number of fused-ring (bicyclic) bond motifs is 1. The molecule has 3 aromatic rings. The predicted molar refractivity (Wildman–Crippen MR) is 96.4 cm³/mol. The molecule has 0 spiro atoms. The summed E-state index contributed by atoms with van der Waals surface area (Å²) in [5.74, 6) is 0.658. The Hall–Kier alpha value is -2.18. The van der Waals surface area contributed by atoms with Gasteiger partial charge in [-0.15, -0.1) is 0 Å². The second-order valence-electron chi connectivity index (χ2n) is 5.50. The number of thioether (sulfide) groups is 1. The maximum absolute atomic E-state index is 12.9. The summed E-state index contributed by atoms with van der Waals surface area (Å²) in [6.45, 7) is 2.42. The summed E-state index contributed by atoms with van der Waals surface area (Å²) in [7, 11) is 1.64. The van der Waals surface area contributed by atoms with E-state index in [0.717, 1.165) is 5.69 Å². The van der Waals surface area contributed by atoms with Gasteiger partial charge in [0.1, 0.15) is 0 Å². The largest absolute Gasteiger partial charge is 0.383 e. The highest BCUT2D eigenvalue weighted by molar-refractivity contribution is 7.98. The fraction of sp³-hybridized carbons (Fsp3) is 0.278. The highest BCUT2D eigenvalue weighted by Crippen LogP contribution is 2.23. The van der Waals surface area contributed by atoms with Crippen molar-refractivity contribution in [3.8, 4) is 0 Å². The third-order valence-corrected chi connectivity index (χ3v) is 4.69. The van der Waals surface area contributed by atoms with Gasteiger partial charge in [-0.2, -0.15) is 0 Å². The lowest BCUT2D eigenvalue weighted by atomic mass is 10.2. The van der Waals surface area contributed by atoms with Crippen molar-refractivity contribution in [3.05, 3.63) is 64.7 Å². The molecule has 1 unspecified atom stereocenters. The molecule has 0 amide bonds. The van der Waals surface area contributed by atoms with Crippen LogP contribution in [0, 0.1) is 0 Å². The van der Waals surface area contributed by atoms with E-state index in [1.54, 1.807) is 17.9 Å². The molecule has 2 heterocycles. The zero-order valence-electron chi connectivity index (χ0n) is 13.7. The Morgan fingerprint density at radius 2 is 2.00 bits per heavy atom. The molecule has 2 aromatic heterocycles. The molecule has 1 atom stereocenters. The summed E-state index contributed by atoms with van der Waals surface area (Å²) >= 11 is 1.52. The van der Waals surface area contributed by atoms with Crippen LogP contribution < -0.4 is 5.56 Å². The zero-order chi connectivity index (χ0) is 16.9. The first-order chi connectivity index (χ1) is 11.7. The zero-order valence-corrected chi connectivity index (χ0v) is 14.5. The van der Waals surface area contributed by atoms with Crippen LogP contribution in [-0.2, 0) is 10.5 Å². The number of benzene rings is 1. The van der Waals surface area contributed by atoms with Gasteiger partial charge in [0.15, 0.2) is 5.16 Å². The molecule has 1 aromatic carbocycles. The van der Waals surface area contributed by atoms with Gasteiger partial charge in [-0.05, 0) is 31.2 Å². The smallest absolute Gasteiger partial charge is 0.262 e. The summed E-state index contributed by atoms with van der Waals surface area (Å²) in [5.41, 5.74) is 1.64. The molecule has 0 radical (unpaired) electrons. The molecule has 0 aliphatic rings. The molecule has 0 aliphatic carbocycles. The van der Waals surface area contributed by atoms with Gasteiger partial charge in [0, 0.05) is 19.1 Å². The van der Waals surface area contributed by atoms with Crippen LogP contribution in [-0.4, -0.2) is 28.3 Å². The van der Waals surface area contributed by atoms with Crippen LogP contribution in [0.15, 0.2) is 58.6 Å². The van der Waals surface area contributed by atoms with Gasteiger partial charge in [-0.25, -0.2) is 4.98 Å². The van der Waals surface area contributed by atoms with Gasteiger partial charge in [0.25, 0.3) is 5.56 Å². The number of aromatic nitrogens is 3. The van der Waals surface area contributed by atoms with Crippen molar-refractivity contribution >= 4 is 22.7 Å². The Morgan fingerprint density at radius 3 is 2.75 bits per heavy atom. The lowest BCUT2D eigenvalue weighted by Crippen LogP contribution is -2.28. The topological polar surface area (TPSA) is 57.0 Å². The molecule has 0 saturated carbocycles. The molecule has 0 bridgehead atoms. The van der Waals surface area contributed by atoms with Crippen LogP contribution in [0.3, 0.4) is 0 Å². The van der Waals surface area contributed by atoms with E-state index in [-0.39, 0.29) is 11.6 Å². The molecule has 0 fully saturated rings. The van der Waals surface area contributed by atoms with E-state index in [1.165, 1.54) is 11.8 Å². The van der Waals surface area contributed by atoms with E-state index in [1.807, 2.05) is 49.4 Å². The van der Waals surface area contributed by atoms with Crippen LogP contribution in [0.4, 0.5) is 0 Å². The number of pyridine rings is 1. The first-order valence-electron chi connectivity index (χ1n) is 7.73. The van der Waals surface area contributed by atoms with Gasteiger partial charge < -0.3 is 4.74 Å². The highest BCUT2D eigenvalue weighted by Gasteiger charge is 2.16. The molecule has 6 heteroatoms. The van der Waals surface area contributed by atoms with Gasteiger partial charge in [0.05, 0.1) is 29.2 Å². The Kier molecular flexibility index (Phi) is 5.27. The van der Waals surface area contributed by atoms with Crippen LogP contribution >= 0.6 is 11.8 Å². The molecule has 24 heavy (non-hydrogen) atoms. The summed E-state index contributed by atoms with van der Waals surface area (Å²) in [6, 6.07) is 13.2. The van der Waals surface area contributed by atoms with Gasteiger partial charge in [-0.1, -0.05) is 30.0 Å². The number of hydrogen-bond acceptors (Lipinski definition) is 5. The summed E-state index contributed by atoms with van der Waals surface area (Å²) in [6.07, 6.45) is 1.77. The average Bonchev–Trinajstić information content (AvgIpc) is 2.61. The molecule has 0 saturated heterocycles. The first-order valence-corrected chi connectivity index (χ1v) is 8.72. The summed E-state index contributed by atoms with van der Waals surface area (Å²) in [4.78, 5) is 21.9. The third-order valence-electron chi connectivity index (χ3n) is 3.70. The lowest BCUT2D eigenvalue weighted by molar-refractivity contribution is 0.156. The highest BCUT2D eigenvalue weighted by atomic mass is 32.2. The lowest BCUT2D eigenvalue weighted by Gasteiger charge is -2.18. The Bertz CT molecular complexity index is 880. The van der Waals surface area contributed by atoms with Crippen molar-refractivity contribution in [1.82, 2.24) is 14.5 Å². The number of nitrogens with zero attached hydrogens (tertiary/aromatic N) is 3. The first kappa shape index (κ1) is 16.7. The second kappa shape index (κ2) is 7.59. The van der Waals surface area contributed by atoms with Crippen LogP contribution in [0.5, 0.6) is 0 Å². The van der Waals surface area contributed by atoms with Crippen molar-refractivity contribution in [2.24, 2.45) is 0 Å². The standard InChI is InChI=1S/C18H19N3O2S/c1-13(11-23-2)21-17(22)15-8-3-4-9-16(15)20-18(21)24-12-14-7-5-6-10-19-14/h3-10,13H,11-12H2,1-2H3. The van der Waals surface area contributed by atoms with E-state index in [0.29, 0.717) is 28.4 Å². The monoisotopic (exact) mass is 341 g/mol. The molecule has 0 aliphatic heterocycles. The van der Waals surface area contributed by atoms with Crippen molar-refractivity contribution < 1.29 is 4.74 Å². The minimum atomic E-state index is -0.0918. The fourth-order valence-electron chi connectivity index (χ4n) is 2.55. The third kappa shape index (κ3) is 3.49. The fourth-order valence-corrected chi connectivity index (χ4v) is 3.57. The van der Waals surface area contributed by atoms with Crippen LogP contribution in [0.25, 0.3) is 10.9 Å². The number of ether oxygens (including phenoxy) is 1. The Balaban J connectivity index is 2.03. The molecule has 5 nitrogen and oxygen atoms in total. The molecule has 0 N–H and O–H groups in total. The second-order valence-corrected chi connectivity index (χ2v) is 6.44. The molecular weight excluding hydrogens is 322 g/mol. The Morgan fingerprint density at radius 1 is 1.21 bits per heavy atom. The van der Waals surface area contributed by atoms with Gasteiger partial charge in [-0.3, -0.25) is 14.3 Å². The Labute approximate surface area is 144 Å². The number of para-hydroxylation sites is 1. The number of hydrogen-bond donors (Lipinski definition) is 0. The number of rotatable bonds is 6. The van der Waals surface area contributed by atoms with Crippen molar-refractivity contribution in [1.29, 1.82) is 0 Å². The van der Waals surface area contributed by atoms with E-state index >= 15 is 0 Å². The minimum Gasteiger partial charge on any atom is -0.383 e. The average molecular weight is 341 g/mol. The van der Waals surface area contributed by atoms with E-state index < -0.39 is 0 Å². The molecule has 124 valence electrons. The van der Waals surface area contributed by atoms with E-state index in [9.17, 15) is 4.79 Å². The number of methoxy groups -OCH3 is 1. The van der Waals surface area contributed by atoms with Crippen molar-refractivity contribution in [3.63, 3.8) is 0 Å². The van der Waals surface area contributed by atoms with Crippen molar-refractivity contribution in [2.75, 3.05) is 13.7 Å². The van der Waals surface area contributed by atoms with Crippen molar-refractivity contribution in [2.45, 2.75) is 23.9 Å². The summed E-state index contributed by atoms with van der Waals surface area (Å²) < 4.78 is 6.96. The normalized spacial score (nSPS) is 12.4. The minimum absolute atomic E-state index is 0.0336. The van der Waals surface area contributed by atoms with Gasteiger partial charge >= 0.3 is 0 Å².